The van der Waals surface area contributed by atoms with Crippen molar-refractivity contribution in [2.45, 2.75) is 19.0 Å². The Hall–Kier alpha value is -1.81. The standard InChI is InChI=1S/C9H5F8NO2/c1-19-7-5(8(12,13)14)4(6(10)11)3(2-18-7)20-9(15,16)17/h2,6H,1H3. The summed E-state index contributed by atoms with van der Waals surface area (Å²) in [6, 6.07) is 0. The lowest BCUT2D eigenvalue weighted by atomic mass is 10.1. The van der Waals surface area contributed by atoms with Gasteiger partial charge in [-0.1, -0.05) is 0 Å². The molecule has 20 heavy (non-hydrogen) atoms. The van der Waals surface area contributed by atoms with Crippen LogP contribution in [0.1, 0.15) is 17.6 Å². The molecular weight excluding hydrogens is 306 g/mol. The first-order chi connectivity index (χ1) is 8.97. The monoisotopic (exact) mass is 311 g/mol. The SMILES string of the molecule is COc1ncc(OC(F)(F)F)c(C(F)F)c1C(F)(F)F. The van der Waals surface area contributed by atoms with Crippen LogP contribution in [0, 0.1) is 0 Å². The van der Waals surface area contributed by atoms with Crippen molar-refractivity contribution in [1.82, 2.24) is 4.98 Å². The fourth-order valence-electron chi connectivity index (χ4n) is 1.34. The smallest absolute Gasteiger partial charge is 0.481 e. The molecule has 1 aromatic heterocycles. The number of halogens is 8. The van der Waals surface area contributed by atoms with Gasteiger partial charge in [0.2, 0.25) is 5.88 Å². The van der Waals surface area contributed by atoms with E-state index in [0.717, 1.165) is 0 Å². The quantitative estimate of drug-likeness (QED) is 0.792. The van der Waals surface area contributed by atoms with Gasteiger partial charge in [-0.2, -0.15) is 13.2 Å². The highest BCUT2D eigenvalue weighted by Crippen LogP contribution is 2.45. The van der Waals surface area contributed by atoms with Crippen molar-refractivity contribution in [3.8, 4) is 11.6 Å². The summed E-state index contributed by atoms with van der Waals surface area (Å²) in [4.78, 5) is 2.89. The van der Waals surface area contributed by atoms with E-state index in [1.807, 2.05) is 0 Å². The van der Waals surface area contributed by atoms with Crippen molar-refractivity contribution in [3.05, 3.63) is 17.3 Å². The minimum absolute atomic E-state index is 0.0864. The molecule has 0 aliphatic rings. The molecule has 0 atom stereocenters. The van der Waals surface area contributed by atoms with Gasteiger partial charge in [-0.3, -0.25) is 0 Å². The molecule has 0 N–H and O–H groups in total. The number of methoxy groups -OCH3 is 1. The molecule has 0 aliphatic carbocycles. The molecule has 0 aromatic carbocycles. The maximum atomic E-state index is 12.7. The Labute approximate surface area is 106 Å². The van der Waals surface area contributed by atoms with E-state index in [-0.39, 0.29) is 6.20 Å². The van der Waals surface area contributed by atoms with E-state index >= 15 is 0 Å². The van der Waals surface area contributed by atoms with Crippen LogP contribution in [0.25, 0.3) is 0 Å². The summed E-state index contributed by atoms with van der Waals surface area (Å²) in [6.45, 7) is 0. The second kappa shape index (κ2) is 5.29. The third kappa shape index (κ3) is 3.61. The zero-order valence-corrected chi connectivity index (χ0v) is 9.44. The van der Waals surface area contributed by atoms with E-state index in [4.69, 9.17) is 0 Å². The average Bonchev–Trinajstić information content (AvgIpc) is 2.24. The van der Waals surface area contributed by atoms with E-state index in [0.29, 0.717) is 7.11 Å². The van der Waals surface area contributed by atoms with Crippen molar-refractivity contribution in [1.29, 1.82) is 0 Å². The number of pyridine rings is 1. The van der Waals surface area contributed by atoms with Crippen LogP contribution < -0.4 is 9.47 Å². The lowest BCUT2D eigenvalue weighted by Crippen LogP contribution is -2.21. The molecule has 0 amide bonds. The van der Waals surface area contributed by atoms with Gasteiger partial charge in [-0.05, 0) is 0 Å². The van der Waals surface area contributed by atoms with Crippen molar-refractivity contribution in [2.24, 2.45) is 0 Å². The molecule has 0 aliphatic heterocycles. The number of rotatable bonds is 3. The van der Waals surface area contributed by atoms with Crippen molar-refractivity contribution in [2.75, 3.05) is 7.11 Å². The molecule has 3 nitrogen and oxygen atoms in total. The van der Waals surface area contributed by atoms with Crippen LogP contribution in [-0.2, 0) is 6.18 Å². The fourth-order valence-corrected chi connectivity index (χ4v) is 1.34. The second-order valence-electron chi connectivity index (χ2n) is 3.27. The van der Waals surface area contributed by atoms with Gasteiger partial charge in [0, 0.05) is 0 Å². The third-order valence-corrected chi connectivity index (χ3v) is 1.97. The summed E-state index contributed by atoms with van der Waals surface area (Å²) in [5.74, 6) is -3.01. The summed E-state index contributed by atoms with van der Waals surface area (Å²) in [6.07, 6.45) is -14.6. The minimum Gasteiger partial charge on any atom is -0.481 e. The molecule has 0 bridgehead atoms. The van der Waals surface area contributed by atoms with E-state index < -0.39 is 41.7 Å². The molecule has 0 spiro atoms. The lowest BCUT2D eigenvalue weighted by Gasteiger charge is -2.19. The van der Waals surface area contributed by atoms with Crippen LogP contribution in [0.2, 0.25) is 0 Å². The Morgan fingerprint density at radius 1 is 1.10 bits per heavy atom. The van der Waals surface area contributed by atoms with Crippen molar-refractivity contribution in [3.63, 3.8) is 0 Å². The summed E-state index contributed by atoms with van der Waals surface area (Å²) in [5.41, 5.74) is -4.10. The first kappa shape index (κ1) is 16.2. The highest BCUT2D eigenvalue weighted by atomic mass is 19.4. The molecule has 114 valence electrons. The van der Waals surface area contributed by atoms with Gasteiger partial charge in [-0.15, -0.1) is 13.2 Å². The molecule has 0 saturated heterocycles. The van der Waals surface area contributed by atoms with Crippen LogP contribution >= 0.6 is 0 Å². The molecule has 0 unspecified atom stereocenters. The first-order valence-electron chi connectivity index (χ1n) is 4.65. The molecular formula is C9H5F8NO2. The maximum Gasteiger partial charge on any atom is 0.573 e. The predicted octanol–water partition coefficient (Wildman–Crippen LogP) is 3.95. The van der Waals surface area contributed by atoms with Gasteiger partial charge in [0.05, 0.1) is 18.9 Å². The summed E-state index contributed by atoms with van der Waals surface area (Å²) in [5, 5.41) is 0. The van der Waals surface area contributed by atoms with Gasteiger partial charge in [0.1, 0.15) is 5.56 Å². The molecule has 0 fully saturated rings. The molecule has 1 rings (SSSR count). The number of hydrogen-bond donors (Lipinski definition) is 0. The van der Waals surface area contributed by atoms with Crippen LogP contribution in [0.15, 0.2) is 6.20 Å². The van der Waals surface area contributed by atoms with Crippen molar-refractivity contribution < 1.29 is 44.6 Å². The van der Waals surface area contributed by atoms with Crippen LogP contribution in [-0.4, -0.2) is 18.5 Å². The van der Waals surface area contributed by atoms with Gasteiger partial charge in [0.25, 0.3) is 6.43 Å². The third-order valence-electron chi connectivity index (χ3n) is 1.97. The number of alkyl halides is 8. The molecule has 0 radical (unpaired) electrons. The summed E-state index contributed by atoms with van der Waals surface area (Å²) >= 11 is 0. The number of hydrogen-bond acceptors (Lipinski definition) is 3. The van der Waals surface area contributed by atoms with E-state index in [2.05, 4.69) is 14.5 Å². The lowest BCUT2D eigenvalue weighted by molar-refractivity contribution is -0.275. The Morgan fingerprint density at radius 3 is 2.00 bits per heavy atom. The summed E-state index contributed by atoms with van der Waals surface area (Å²) in [7, 11) is 0.705. The molecule has 1 aromatic rings. The zero-order valence-electron chi connectivity index (χ0n) is 9.44. The topological polar surface area (TPSA) is 31.4 Å². The second-order valence-corrected chi connectivity index (χ2v) is 3.27. The average molecular weight is 311 g/mol. The van der Waals surface area contributed by atoms with E-state index in [9.17, 15) is 35.1 Å². The normalized spacial score (nSPS) is 12.7. The maximum absolute atomic E-state index is 12.7. The molecule has 11 heteroatoms. The highest BCUT2D eigenvalue weighted by Gasteiger charge is 2.44. The van der Waals surface area contributed by atoms with Crippen LogP contribution in [0.4, 0.5) is 35.1 Å². The van der Waals surface area contributed by atoms with Crippen LogP contribution in [0.5, 0.6) is 11.6 Å². The van der Waals surface area contributed by atoms with Gasteiger partial charge >= 0.3 is 12.5 Å². The first-order valence-corrected chi connectivity index (χ1v) is 4.65. The number of aromatic nitrogens is 1. The van der Waals surface area contributed by atoms with Gasteiger partial charge in [0.15, 0.2) is 5.75 Å². The Bertz CT molecular complexity index is 482. The fraction of sp³-hybridized carbons (Fsp3) is 0.444. The van der Waals surface area contributed by atoms with E-state index in [1.54, 1.807) is 0 Å². The molecule has 1 heterocycles. The summed E-state index contributed by atoms with van der Waals surface area (Å²) < 4.78 is 107. The highest BCUT2D eigenvalue weighted by molar-refractivity contribution is 5.46. The Morgan fingerprint density at radius 2 is 1.65 bits per heavy atom. The Balaban J connectivity index is 3.57. The zero-order chi connectivity index (χ0) is 15.7. The largest absolute Gasteiger partial charge is 0.573 e. The number of ether oxygens (including phenoxy) is 2. The Kier molecular flexibility index (Phi) is 4.30. The van der Waals surface area contributed by atoms with Crippen LogP contribution in [0.3, 0.4) is 0 Å². The predicted molar refractivity (Wildman–Crippen MR) is 47.4 cm³/mol. The van der Waals surface area contributed by atoms with Gasteiger partial charge < -0.3 is 9.47 Å². The van der Waals surface area contributed by atoms with E-state index in [1.165, 1.54) is 0 Å². The molecule has 0 saturated carbocycles. The number of nitrogens with zero attached hydrogens (tertiary/aromatic N) is 1. The van der Waals surface area contributed by atoms with Gasteiger partial charge in [-0.25, -0.2) is 13.8 Å². The minimum atomic E-state index is -5.44. The van der Waals surface area contributed by atoms with Crippen molar-refractivity contribution >= 4 is 0 Å².